The summed E-state index contributed by atoms with van der Waals surface area (Å²) in [5.41, 5.74) is 1.71. The summed E-state index contributed by atoms with van der Waals surface area (Å²) in [7, 11) is -1.04. The van der Waals surface area contributed by atoms with Gasteiger partial charge in [-0.1, -0.05) is 19.6 Å². The third kappa shape index (κ3) is 2.57. The lowest BCUT2D eigenvalue weighted by atomic mass is 10.6. The first-order chi connectivity index (χ1) is 7.06. The molecule has 0 aliphatic rings. The Morgan fingerprint density at radius 1 is 1.27 bits per heavy atom. The maximum Gasteiger partial charge on any atom is 0.181 e. The Kier molecular flexibility index (Phi) is 2.79. The number of aromatic amines is 1. The molecule has 0 radical (unpaired) electrons. The number of hydrogen-bond acceptors (Lipinski definition) is 4. The van der Waals surface area contributed by atoms with Crippen LogP contribution in [-0.4, -0.2) is 33.4 Å². The summed E-state index contributed by atoms with van der Waals surface area (Å²) in [6.07, 6.45) is 3.24. The summed E-state index contributed by atoms with van der Waals surface area (Å²) in [4.78, 5) is 15.6. The quantitative estimate of drug-likeness (QED) is 0.506. The van der Waals surface area contributed by atoms with Gasteiger partial charge in [-0.05, 0) is 5.38 Å². The van der Waals surface area contributed by atoms with Gasteiger partial charge < -0.3 is 4.98 Å². The highest BCUT2D eigenvalue weighted by Gasteiger charge is 2.15. The smallest absolute Gasteiger partial charge is 0.181 e. The first-order valence-electron chi connectivity index (χ1n) is 4.83. The third-order valence-corrected chi connectivity index (χ3v) is 6.45. The molecule has 80 valence electrons. The molecule has 2 heterocycles. The minimum absolute atomic E-state index is 0.753. The van der Waals surface area contributed by atoms with E-state index in [2.05, 4.69) is 39.6 Å². The maximum atomic E-state index is 4.28. The van der Waals surface area contributed by atoms with E-state index in [0.29, 0.717) is 0 Å². The van der Waals surface area contributed by atoms with Gasteiger partial charge in [-0.15, -0.1) is 11.8 Å². The fourth-order valence-corrected chi connectivity index (χ4v) is 3.83. The van der Waals surface area contributed by atoms with Crippen LogP contribution in [0.4, 0.5) is 0 Å². The number of hydrogen-bond donors (Lipinski definition) is 1. The van der Waals surface area contributed by atoms with Crippen molar-refractivity contribution in [2.75, 3.05) is 5.38 Å². The molecule has 0 atom stereocenters. The first kappa shape index (κ1) is 10.6. The van der Waals surface area contributed by atoms with E-state index in [-0.39, 0.29) is 0 Å². The van der Waals surface area contributed by atoms with E-state index in [0.717, 1.165) is 21.6 Å². The Morgan fingerprint density at radius 2 is 2.07 bits per heavy atom. The lowest BCUT2D eigenvalue weighted by Gasteiger charge is -2.14. The fraction of sp³-hybridized carbons (Fsp3) is 0.444. The molecule has 2 rings (SSSR count). The standard InChI is InChI=1S/C9H14N4SSi/c1-15(2,3)6-14-9-7-8(11-4-10-7)12-5-13-9/h4-5H,6H2,1-3H3,(H,10,11,12,13). The van der Waals surface area contributed by atoms with Gasteiger partial charge in [0.05, 0.1) is 14.4 Å². The van der Waals surface area contributed by atoms with Crippen LogP contribution in [-0.2, 0) is 0 Å². The second-order valence-corrected chi connectivity index (χ2v) is 11.6. The maximum absolute atomic E-state index is 4.28. The van der Waals surface area contributed by atoms with E-state index >= 15 is 0 Å². The van der Waals surface area contributed by atoms with Crippen LogP contribution in [0.1, 0.15) is 0 Å². The molecule has 0 saturated carbocycles. The zero-order valence-electron chi connectivity index (χ0n) is 9.11. The summed E-state index contributed by atoms with van der Waals surface area (Å²) >= 11 is 1.80. The van der Waals surface area contributed by atoms with Crippen molar-refractivity contribution in [1.29, 1.82) is 0 Å². The topological polar surface area (TPSA) is 54.5 Å². The summed E-state index contributed by atoms with van der Waals surface area (Å²) < 4.78 is 0. The summed E-state index contributed by atoms with van der Waals surface area (Å²) in [6, 6.07) is 0. The normalized spacial score (nSPS) is 12.2. The highest BCUT2D eigenvalue weighted by molar-refractivity contribution is 8.01. The van der Waals surface area contributed by atoms with Crippen LogP contribution < -0.4 is 0 Å². The Hall–Kier alpha value is -0.883. The average Bonchev–Trinajstić information content (AvgIpc) is 2.61. The minimum atomic E-state index is -1.04. The molecule has 6 heteroatoms. The number of nitrogens with zero attached hydrogens (tertiary/aromatic N) is 3. The number of nitrogens with one attached hydrogen (secondary N) is 1. The molecule has 2 aromatic rings. The first-order valence-corrected chi connectivity index (χ1v) is 9.52. The summed E-state index contributed by atoms with van der Waals surface area (Å²) in [5, 5.41) is 2.18. The highest BCUT2D eigenvalue weighted by Crippen LogP contribution is 2.24. The Labute approximate surface area is 93.9 Å². The lowest BCUT2D eigenvalue weighted by molar-refractivity contribution is 1.09. The molecule has 1 N–H and O–H groups in total. The van der Waals surface area contributed by atoms with Crippen LogP contribution >= 0.6 is 11.8 Å². The van der Waals surface area contributed by atoms with Gasteiger partial charge in [-0.25, -0.2) is 15.0 Å². The lowest BCUT2D eigenvalue weighted by Crippen LogP contribution is -2.23. The van der Waals surface area contributed by atoms with Crippen molar-refractivity contribution in [2.24, 2.45) is 0 Å². The van der Waals surface area contributed by atoms with E-state index in [1.807, 2.05) is 0 Å². The van der Waals surface area contributed by atoms with Crippen molar-refractivity contribution in [3.8, 4) is 0 Å². The van der Waals surface area contributed by atoms with E-state index < -0.39 is 8.07 Å². The van der Waals surface area contributed by atoms with E-state index in [1.165, 1.54) is 0 Å². The van der Waals surface area contributed by atoms with Gasteiger partial charge in [0.25, 0.3) is 0 Å². The van der Waals surface area contributed by atoms with Crippen molar-refractivity contribution in [2.45, 2.75) is 24.7 Å². The molecule has 0 bridgehead atoms. The van der Waals surface area contributed by atoms with E-state index in [9.17, 15) is 0 Å². The van der Waals surface area contributed by atoms with Crippen LogP contribution in [0.25, 0.3) is 11.2 Å². The fourth-order valence-electron chi connectivity index (χ4n) is 1.14. The van der Waals surface area contributed by atoms with Gasteiger partial charge in [-0.2, -0.15) is 0 Å². The number of rotatable bonds is 3. The van der Waals surface area contributed by atoms with Gasteiger partial charge in [0.2, 0.25) is 0 Å². The van der Waals surface area contributed by atoms with Crippen molar-refractivity contribution in [1.82, 2.24) is 19.9 Å². The highest BCUT2D eigenvalue weighted by atomic mass is 32.2. The van der Waals surface area contributed by atoms with E-state index in [1.54, 1.807) is 24.4 Å². The van der Waals surface area contributed by atoms with Crippen molar-refractivity contribution in [3.63, 3.8) is 0 Å². The predicted molar refractivity (Wildman–Crippen MR) is 65.8 cm³/mol. The second kappa shape index (κ2) is 3.94. The predicted octanol–water partition coefficient (Wildman–Crippen LogP) is 2.32. The Bertz CT molecular complexity index is 462. The molecule has 2 aromatic heterocycles. The molecule has 0 spiro atoms. The minimum Gasteiger partial charge on any atom is -0.341 e. The van der Waals surface area contributed by atoms with Gasteiger partial charge in [0, 0.05) is 0 Å². The number of H-pyrrole nitrogens is 1. The van der Waals surface area contributed by atoms with Crippen LogP contribution in [0.15, 0.2) is 17.7 Å². The third-order valence-electron chi connectivity index (χ3n) is 1.83. The van der Waals surface area contributed by atoms with Gasteiger partial charge >= 0.3 is 0 Å². The molecule has 0 unspecified atom stereocenters. The number of imidazole rings is 1. The van der Waals surface area contributed by atoms with Crippen LogP contribution in [0.5, 0.6) is 0 Å². The molecule has 0 aromatic carbocycles. The number of thioether (sulfide) groups is 1. The van der Waals surface area contributed by atoms with Crippen LogP contribution in [0, 0.1) is 0 Å². The molecule has 0 fully saturated rings. The van der Waals surface area contributed by atoms with Crippen molar-refractivity contribution >= 4 is 31.0 Å². The zero-order chi connectivity index (χ0) is 10.9. The Morgan fingerprint density at radius 3 is 2.80 bits per heavy atom. The molecule has 0 saturated heterocycles. The number of fused-ring (bicyclic) bond motifs is 1. The molecular weight excluding hydrogens is 224 g/mol. The molecule has 0 aliphatic heterocycles. The van der Waals surface area contributed by atoms with Gasteiger partial charge in [-0.3, -0.25) is 0 Å². The van der Waals surface area contributed by atoms with Crippen LogP contribution in [0.2, 0.25) is 19.6 Å². The average molecular weight is 238 g/mol. The van der Waals surface area contributed by atoms with Crippen LogP contribution in [0.3, 0.4) is 0 Å². The SMILES string of the molecule is C[Si](C)(C)CSc1ncnc2nc[nH]c12. The molecular formula is C9H14N4SSi. The van der Waals surface area contributed by atoms with Gasteiger partial charge in [0.15, 0.2) is 5.65 Å². The van der Waals surface area contributed by atoms with Gasteiger partial charge in [0.1, 0.15) is 16.9 Å². The monoisotopic (exact) mass is 238 g/mol. The second-order valence-electron chi connectivity index (χ2n) is 4.63. The summed E-state index contributed by atoms with van der Waals surface area (Å²) in [5.74, 6) is 0. The van der Waals surface area contributed by atoms with E-state index in [4.69, 9.17) is 0 Å². The Balaban J connectivity index is 2.24. The largest absolute Gasteiger partial charge is 0.341 e. The zero-order valence-corrected chi connectivity index (χ0v) is 10.9. The summed E-state index contributed by atoms with van der Waals surface area (Å²) in [6.45, 7) is 7.06. The molecule has 0 amide bonds. The van der Waals surface area contributed by atoms with Crippen molar-refractivity contribution in [3.05, 3.63) is 12.7 Å². The molecule has 15 heavy (non-hydrogen) atoms. The van der Waals surface area contributed by atoms with Crippen molar-refractivity contribution < 1.29 is 0 Å². The molecule has 4 nitrogen and oxygen atoms in total. The number of aromatic nitrogens is 4. The molecule has 0 aliphatic carbocycles.